The number of rotatable bonds is 6. The van der Waals surface area contributed by atoms with Crippen molar-refractivity contribution in [1.82, 2.24) is 4.90 Å². The third kappa shape index (κ3) is 4.40. The van der Waals surface area contributed by atoms with Crippen LogP contribution >= 0.6 is 11.6 Å². The molecule has 2 N–H and O–H groups in total. The highest BCUT2D eigenvalue weighted by Crippen LogP contribution is 2.43. The van der Waals surface area contributed by atoms with E-state index in [1.807, 2.05) is 53.4 Å². The van der Waals surface area contributed by atoms with E-state index in [1.165, 1.54) is 6.07 Å². The van der Waals surface area contributed by atoms with Gasteiger partial charge in [0.05, 0.1) is 13.4 Å². The van der Waals surface area contributed by atoms with Crippen molar-refractivity contribution in [2.75, 3.05) is 26.5 Å². The molecule has 1 atom stereocenters. The van der Waals surface area contributed by atoms with Crippen molar-refractivity contribution in [3.8, 4) is 22.6 Å². The first-order valence-electron chi connectivity index (χ1n) is 11.3. The third-order valence-electron chi connectivity index (χ3n) is 6.18. The second kappa shape index (κ2) is 9.15. The Hall–Kier alpha value is -3.56. The summed E-state index contributed by atoms with van der Waals surface area (Å²) >= 11 is 6.31. The smallest absolute Gasteiger partial charge is 0.306 e. The number of guanidine groups is 1. The van der Waals surface area contributed by atoms with Crippen molar-refractivity contribution in [2.24, 2.45) is 15.7 Å². The lowest BCUT2D eigenvalue weighted by atomic mass is 9.81. The van der Waals surface area contributed by atoms with E-state index in [4.69, 9.17) is 36.2 Å². The molecule has 0 aromatic heterocycles. The Kier molecular flexibility index (Phi) is 6.13. The van der Waals surface area contributed by atoms with Crippen LogP contribution in [0.2, 0.25) is 5.02 Å². The zero-order chi connectivity index (χ0) is 25.5. The van der Waals surface area contributed by atoms with E-state index in [1.54, 1.807) is 19.2 Å². The van der Waals surface area contributed by atoms with Crippen LogP contribution < -0.4 is 14.7 Å². The zero-order valence-corrected chi connectivity index (χ0v) is 21.4. The maximum atomic E-state index is 11.7. The summed E-state index contributed by atoms with van der Waals surface area (Å²) in [6.07, 6.45) is 1.88. The molecular weight excluding hydrogens is 500 g/mol. The summed E-state index contributed by atoms with van der Waals surface area (Å²) in [6, 6.07) is 20.4. The lowest BCUT2D eigenvalue weighted by Crippen LogP contribution is -2.46. The van der Waals surface area contributed by atoms with Gasteiger partial charge in [-0.25, -0.2) is 4.99 Å². The quantitative estimate of drug-likeness (QED) is 0.488. The van der Waals surface area contributed by atoms with Crippen LogP contribution in [0, 0.1) is 0 Å². The molecule has 3 aromatic carbocycles. The maximum Gasteiger partial charge on any atom is 0.306 e. The van der Waals surface area contributed by atoms with Gasteiger partial charge >= 0.3 is 10.1 Å². The molecule has 36 heavy (non-hydrogen) atoms. The predicted molar refractivity (Wildman–Crippen MR) is 141 cm³/mol. The number of ether oxygens (including phenoxy) is 1. The van der Waals surface area contributed by atoms with Gasteiger partial charge in [0.2, 0.25) is 0 Å². The Labute approximate surface area is 215 Å². The van der Waals surface area contributed by atoms with Crippen molar-refractivity contribution in [3.63, 3.8) is 0 Å². The van der Waals surface area contributed by atoms with Gasteiger partial charge in [0.25, 0.3) is 0 Å². The lowest BCUT2D eigenvalue weighted by Gasteiger charge is -2.33. The fraction of sp³-hybridized carbons (Fsp3) is 0.231. The second-order valence-electron chi connectivity index (χ2n) is 8.66. The molecule has 186 valence electrons. The molecule has 8 nitrogen and oxygen atoms in total. The largest absolute Gasteiger partial charge is 0.497 e. The molecule has 10 heteroatoms. The first-order valence-corrected chi connectivity index (χ1v) is 13.5. The monoisotopic (exact) mass is 524 g/mol. The van der Waals surface area contributed by atoms with Crippen molar-refractivity contribution in [3.05, 3.63) is 82.9 Å². The molecule has 2 aliphatic heterocycles. The molecule has 0 saturated carbocycles. The SMILES string of the molecule is COc1ccc(C2(c3cccc(-c4cc(Cl)cc(OS(C)(=O)=O)c4)c3)N=C(N)N3CCCN=C32)cc1. The van der Waals surface area contributed by atoms with E-state index in [2.05, 4.69) is 0 Å². The second-order valence-corrected chi connectivity index (χ2v) is 10.7. The molecule has 2 heterocycles. The Bertz CT molecular complexity index is 1490. The van der Waals surface area contributed by atoms with Gasteiger partial charge in [0.15, 0.2) is 11.5 Å². The van der Waals surface area contributed by atoms with Crippen LogP contribution in [0.25, 0.3) is 11.1 Å². The highest BCUT2D eigenvalue weighted by atomic mass is 35.5. The molecule has 3 aromatic rings. The van der Waals surface area contributed by atoms with Gasteiger partial charge in [-0.1, -0.05) is 41.9 Å². The molecule has 0 spiro atoms. The number of halogens is 1. The van der Waals surface area contributed by atoms with Crippen LogP contribution in [-0.2, 0) is 15.7 Å². The summed E-state index contributed by atoms with van der Waals surface area (Å²) in [4.78, 5) is 11.8. The molecule has 0 radical (unpaired) electrons. The minimum Gasteiger partial charge on any atom is -0.497 e. The standard InChI is InChI=1S/C26H25ClN4O4S/c1-34-22-9-7-19(8-10-22)26(24-29-11-4-12-31(24)25(28)30-26)20-6-3-5-17(13-20)18-14-21(27)16-23(15-18)35-36(2,32)33/h3,5-10,13-16H,4,11-12H2,1-2H3,(H2,28,30). The van der Waals surface area contributed by atoms with Gasteiger partial charge in [0.1, 0.15) is 17.3 Å². The molecule has 0 fully saturated rings. The van der Waals surface area contributed by atoms with Gasteiger partial charge in [0, 0.05) is 24.2 Å². The van der Waals surface area contributed by atoms with Crippen LogP contribution in [0.1, 0.15) is 17.5 Å². The zero-order valence-electron chi connectivity index (χ0n) is 19.8. The molecule has 2 aliphatic rings. The number of fused-ring (bicyclic) bond motifs is 1. The molecule has 0 aliphatic carbocycles. The number of benzene rings is 3. The number of methoxy groups -OCH3 is 1. The first kappa shape index (κ1) is 24.1. The summed E-state index contributed by atoms with van der Waals surface area (Å²) in [6.45, 7) is 1.43. The highest BCUT2D eigenvalue weighted by Gasteiger charge is 2.49. The molecule has 5 rings (SSSR count). The Morgan fingerprint density at radius 3 is 2.50 bits per heavy atom. The first-order chi connectivity index (χ1) is 17.2. The Balaban J connectivity index is 1.68. The number of amidine groups is 1. The van der Waals surface area contributed by atoms with Crippen LogP contribution in [-0.4, -0.2) is 51.6 Å². The lowest BCUT2D eigenvalue weighted by molar-refractivity contribution is 0.414. The topological polar surface area (TPSA) is 107 Å². The molecule has 0 amide bonds. The fourth-order valence-electron chi connectivity index (χ4n) is 4.68. The van der Waals surface area contributed by atoms with Gasteiger partial charge in [-0.05, 0) is 59.0 Å². The van der Waals surface area contributed by atoms with Crippen molar-refractivity contribution < 1.29 is 17.3 Å². The normalized spacial score (nSPS) is 19.4. The van der Waals surface area contributed by atoms with Crippen LogP contribution in [0.3, 0.4) is 0 Å². The van der Waals surface area contributed by atoms with E-state index < -0.39 is 15.7 Å². The number of nitrogens with zero attached hydrogens (tertiary/aromatic N) is 3. The average molecular weight is 525 g/mol. The third-order valence-corrected chi connectivity index (χ3v) is 6.89. The van der Waals surface area contributed by atoms with Gasteiger partial charge in [-0.3, -0.25) is 9.89 Å². The summed E-state index contributed by atoms with van der Waals surface area (Å²) in [5.74, 6) is 2.07. The van der Waals surface area contributed by atoms with E-state index in [-0.39, 0.29) is 5.75 Å². The van der Waals surface area contributed by atoms with E-state index >= 15 is 0 Å². The summed E-state index contributed by atoms with van der Waals surface area (Å²) < 4.78 is 33.8. The number of nitrogens with two attached hydrogens (primary N) is 1. The van der Waals surface area contributed by atoms with Crippen molar-refractivity contribution >= 4 is 33.5 Å². The van der Waals surface area contributed by atoms with E-state index in [9.17, 15) is 8.42 Å². The summed E-state index contributed by atoms with van der Waals surface area (Å²) in [5.41, 5.74) is 8.75. The number of hydrogen-bond donors (Lipinski definition) is 1. The van der Waals surface area contributed by atoms with Gasteiger partial charge in [-0.15, -0.1) is 0 Å². The van der Waals surface area contributed by atoms with Crippen LogP contribution in [0.4, 0.5) is 0 Å². The fourth-order valence-corrected chi connectivity index (χ4v) is 5.35. The maximum absolute atomic E-state index is 11.7. The Morgan fingerprint density at radius 2 is 1.78 bits per heavy atom. The number of hydrogen-bond acceptors (Lipinski definition) is 8. The summed E-state index contributed by atoms with van der Waals surface area (Å²) in [7, 11) is -2.08. The van der Waals surface area contributed by atoms with Crippen LogP contribution in [0.5, 0.6) is 11.5 Å². The molecular formula is C26H25ClN4O4S. The van der Waals surface area contributed by atoms with Gasteiger partial charge in [-0.2, -0.15) is 8.42 Å². The minimum absolute atomic E-state index is 0.140. The van der Waals surface area contributed by atoms with E-state index in [0.29, 0.717) is 23.1 Å². The molecule has 0 saturated heterocycles. The van der Waals surface area contributed by atoms with Crippen molar-refractivity contribution in [1.29, 1.82) is 0 Å². The predicted octanol–water partition coefficient (Wildman–Crippen LogP) is 4.03. The minimum atomic E-state index is -3.71. The molecule has 1 unspecified atom stereocenters. The summed E-state index contributed by atoms with van der Waals surface area (Å²) in [5, 5.41) is 0.354. The van der Waals surface area contributed by atoms with Gasteiger partial charge < -0.3 is 14.7 Å². The van der Waals surface area contributed by atoms with E-state index in [0.717, 1.165) is 47.5 Å². The van der Waals surface area contributed by atoms with Crippen LogP contribution in [0.15, 0.2) is 76.7 Å². The average Bonchev–Trinajstić information content (AvgIpc) is 3.16. The molecule has 0 bridgehead atoms. The highest BCUT2D eigenvalue weighted by molar-refractivity contribution is 7.86. The number of aliphatic imine (C=N–C) groups is 2. The Morgan fingerprint density at radius 1 is 1.00 bits per heavy atom. The van der Waals surface area contributed by atoms with Crippen molar-refractivity contribution in [2.45, 2.75) is 12.0 Å².